The van der Waals surface area contributed by atoms with E-state index in [9.17, 15) is 14.9 Å². The summed E-state index contributed by atoms with van der Waals surface area (Å²) in [5, 5.41) is 17.2. The van der Waals surface area contributed by atoms with Crippen LogP contribution in [0, 0.1) is 17.0 Å². The number of hydrogen-bond acceptors (Lipinski definition) is 5. The zero-order valence-corrected chi connectivity index (χ0v) is 11.2. The summed E-state index contributed by atoms with van der Waals surface area (Å²) in [7, 11) is 0. The van der Waals surface area contributed by atoms with Crippen molar-refractivity contribution in [2.75, 3.05) is 5.32 Å². The summed E-state index contributed by atoms with van der Waals surface area (Å²) in [4.78, 5) is 25.3. The number of amides is 1. The average Bonchev–Trinajstić information content (AvgIpc) is 2.74. The van der Waals surface area contributed by atoms with Crippen molar-refractivity contribution in [1.29, 1.82) is 0 Å². The number of nitro groups is 1. The summed E-state index contributed by atoms with van der Waals surface area (Å²) < 4.78 is 1.16. The number of benzene rings is 1. The van der Waals surface area contributed by atoms with E-state index in [1.165, 1.54) is 6.92 Å². The lowest BCUT2D eigenvalue weighted by atomic mass is 10.3. The van der Waals surface area contributed by atoms with Crippen molar-refractivity contribution in [1.82, 2.24) is 14.8 Å². The summed E-state index contributed by atoms with van der Waals surface area (Å²) in [5.41, 5.74) is 0.464. The molecule has 1 amide bonds. The molecule has 1 aromatic carbocycles. The Hall–Kier alpha value is -2.48. The first-order valence-electron chi connectivity index (χ1n) is 5.57. The Labute approximate surface area is 118 Å². The van der Waals surface area contributed by atoms with Gasteiger partial charge in [0.05, 0.1) is 10.7 Å². The van der Waals surface area contributed by atoms with E-state index in [0.29, 0.717) is 10.7 Å². The fourth-order valence-corrected chi connectivity index (χ4v) is 1.70. The monoisotopic (exact) mass is 295 g/mol. The number of para-hydroxylation sites is 1. The van der Waals surface area contributed by atoms with Crippen LogP contribution in [0.3, 0.4) is 0 Å². The van der Waals surface area contributed by atoms with Gasteiger partial charge < -0.3 is 15.4 Å². The molecule has 20 heavy (non-hydrogen) atoms. The number of aromatic nitrogens is 3. The van der Waals surface area contributed by atoms with Crippen LogP contribution >= 0.6 is 11.6 Å². The second-order valence-electron chi connectivity index (χ2n) is 3.90. The third-order valence-corrected chi connectivity index (χ3v) is 2.78. The summed E-state index contributed by atoms with van der Waals surface area (Å²) in [6.07, 6.45) is 0. The highest BCUT2D eigenvalue weighted by molar-refractivity contribution is 6.33. The fourth-order valence-electron chi connectivity index (χ4n) is 1.52. The largest absolute Gasteiger partial charge is 0.491 e. The van der Waals surface area contributed by atoms with E-state index in [0.717, 1.165) is 4.68 Å². The van der Waals surface area contributed by atoms with Gasteiger partial charge in [0.1, 0.15) is 6.54 Å². The first kappa shape index (κ1) is 13.9. The molecule has 0 aliphatic carbocycles. The lowest BCUT2D eigenvalue weighted by molar-refractivity contribution is -0.394. The van der Waals surface area contributed by atoms with Gasteiger partial charge >= 0.3 is 5.95 Å². The van der Waals surface area contributed by atoms with E-state index >= 15 is 0 Å². The average molecular weight is 296 g/mol. The molecule has 1 heterocycles. The first-order valence-corrected chi connectivity index (χ1v) is 5.95. The van der Waals surface area contributed by atoms with Crippen molar-refractivity contribution < 1.29 is 9.72 Å². The topological polar surface area (TPSA) is 103 Å². The quantitative estimate of drug-likeness (QED) is 0.684. The van der Waals surface area contributed by atoms with Crippen LogP contribution in [0.1, 0.15) is 5.82 Å². The molecule has 2 rings (SSSR count). The van der Waals surface area contributed by atoms with E-state index < -0.39 is 16.8 Å². The predicted molar refractivity (Wildman–Crippen MR) is 71.5 cm³/mol. The third kappa shape index (κ3) is 3.09. The lowest BCUT2D eigenvalue weighted by Gasteiger charge is -2.05. The maximum absolute atomic E-state index is 11.8. The van der Waals surface area contributed by atoms with Gasteiger partial charge in [-0.05, 0) is 22.0 Å². The molecule has 0 saturated carbocycles. The second kappa shape index (κ2) is 5.66. The van der Waals surface area contributed by atoms with Gasteiger partial charge in [-0.3, -0.25) is 4.79 Å². The maximum Gasteiger partial charge on any atom is 0.491 e. The minimum Gasteiger partial charge on any atom is -0.390 e. The van der Waals surface area contributed by atoms with Gasteiger partial charge in [0.2, 0.25) is 11.7 Å². The molecule has 0 bridgehead atoms. The Balaban J connectivity index is 2.09. The number of nitrogens with one attached hydrogen (secondary N) is 1. The molecule has 0 spiro atoms. The molecule has 0 atom stereocenters. The van der Waals surface area contributed by atoms with Crippen molar-refractivity contribution in [2.45, 2.75) is 13.5 Å². The number of aryl methyl sites for hydroxylation is 1. The highest BCUT2D eigenvalue weighted by Gasteiger charge is 2.20. The summed E-state index contributed by atoms with van der Waals surface area (Å²) in [6.45, 7) is 1.35. The molecular weight excluding hydrogens is 286 g/mol. The highest BCUT2D eigenvalue weighted by Crippen LogP contribution is 2.20. The maximum atomic E-state index is 11.8. The number of hydrogen-bond donors (Lipinski definition) is 1. The van der Waals surface area contributed by atoms with Crippen LogP contribution in [0.5, 0.6) is 0 Å². The Bertz CT molecular complexity index is 670. The van der Waals surface area contributed by atoms with Crippen LogP contribution in [-0.4, -0.2) is 25.6 Å². The molecule has 0 fully saturated rings. The first-order chi connectivity index (χ1) is 9.47. The summed E-state index contributed by atoms with van der Waals surface area (Å²) >= 11 is 5.91. The lowest BCUT2D eigenvalue weighted by Crippen LogP contribution is -2.20. The van der Waals surface area contributed by atoms with Crippen molar-refractivity contribution in [2.24, 2.45) is 0 Å². The normalized spacial score (nSPS) is 10.3. The molecule has 0 aliphatic heterocycles. The van der Waals surface area contributed by atoms with Gasteiger partial charge in [-0.1, -0.05) is 23.7 Å². The molecule has 1 aromatic heterocycles. The smallest absolute Gasteiger partial charge is 0.390 e. The SMILES string of the molecule is Cc1nc([N+](=O)[O-])nn1CC(=O)Nc1ccccc1Cl. The van der Waals surface area contributed by atoms with E-state index in [-0.39, 0.29) is 12.4 Å². The van der Waals surface area contributed by atoms with Crippen molar-refractivity contribution in [3.63, 3.8) is 0 Å². The number of nitrogens with zero attached hydrogens (tertiary/aromatic N) is 4. The third-order valence-electron chi connectivity index (χ3n) is 2.45. The number of carbonyl (C=O) groups is 1. The minimum atomic E-state index is -0.713. The van der Waals surface area contributed by atoms with Crippen LogP contribution in [0.15, 0.2) is 24.3 Å². The Kier molecular flexibility index (Phi) is 3.94. The Morgan fingerprint density at radius 2 is 2.20 bits per heavy atom. The second-order valence-corrected chi connectivity index (χ2v) is 4.31. The van der Waals surface area contributed by atoms with Gasteiger partial charge in [0, 0.05) is 12.0 Å². The van der Waals surface area contributed by atoms with Crippen LogP contribution in [0.4, 0.5) is 11.6 Å². The Morgan fingerprint density at radius 3 is 2.80 bits per heavy atom. The van der Waals surface area contributed by atoms with E-state index in [2.05, 4.69) is 15.4 Å². The van der Waals surface area contributed by atoms with Gasteiger partial charge in [-0.25, -0.2) is 0 Å². The zero-order valence-electron chi connectivity index (χ0n) is 10.4. The summed E-state index contributed by atoms with van der Waals surface area (Å²) in [5.74, 6) is -0.653. The molecular formula is C11H10ClN5O3. The number of rotatable bonds is 4. The highest BCUT2D eigenvalue weighted by atomic mass is 35.5. The van der Waals surface area contributed by atoms with E-state index in [1.54, 1.807) is 24.3 Å². The molecule has 9 heteroatoms. The predicted octanol–water partition coefficient (Wildman–Crippen LogP) is 1.79. The standard InChI is InChI=1S/C11H10ClN5O3/c1-7-13-11(17(19)20)15-16(7)6-10(18)14-9-5-3-2-4-8(9)12/h2-5H,6H2,1H3,(H,14,18). The fraction of sp³-hybridized carbons (Fsp3) is 0.182. The van der Waals surface area contributed by atoms with Gasteiger partial charge in [-0.15, -0.1) is 0 Å². The van der Waals surface area contributed by atoms with E-state index in [1.807, 2.05) is 0 Å². The van der Waals surface area contributed by atoms with Gasteiger partial charge in [0.15, 0.2) is 0 Å². The van der Waals surface area contributed by atoms with Crippen LogP contribution in [0.2, 0.25) is 5.02 Å². The molecule has 0 radical (unpaired) electrons. The molecule has 8 nitrogen and oxygen atoms in total. The van der Waals surface area contributed by atoms with Crippen LogP contribution < -0.4 is 5.32 Å². The molecule has 0 aliphatic rings. The molecule has 0 unspecified atom stereocenters. The summed E-state index contributed by atoms with van der Waals surface area (Å²) in [6, 6.07) is 6.76. The van der Waals surface area contributed by atoms with E-state index in [4.69, 9.17) is 11.6 Å². The Morgan fingerprint density at radius 1 is 1.50 bits per heavy atom. The number of halogens is 1. The zero-order chi connectivity index (χ0) is 14.7. The van der Waals surface area contributed by atoms with Crippen molar-refractivity contribution in [3.05, 3.63) is 45.2 Å². The number of carbonyl (C=O) groups excluding carboxylic acids is 1. The van der Waals surface area contributed by atoms with Crippen LogP contribution in [-0.2, 0) is 11.3 Å². The minimum absolute atomic E-state index is 0.183. The molecule has 2 aromatic rings. The van der Waals surface area contributed by atoms with Gasteiger partial charge in [0.25, 0.3) is 0 Å². The molecule has 0 saturated heterocycles. The van der Waals surface area contributed by atoms with Crippen molar-refractivity contribution >= 4 is 29.1 Å². The van der Waals surface area contributed by atoms with Gasteiger partial charge in [-0.2, -0.15) is 4.68 Å². The van der Waals surface area contributed by atoms with Crippen molar-refractivity contribution in [3.8, 4) is 0 Å². The molecule has 1 N–H and O–H groups in total. The molecule has 104 valence electrons. The van der Waals surface area contributed by atoms with Crippen LogP contribution in [0.25, 0.3) is 0 Å². The number of anilines is 1.